The molecule has 0 amide bonds. The summed E-state index contributed by atoms with van der Waals surface area (Å²) in [5.74, 6) is 0.371. The van der Waals surface area contributed by atoms with E-state index in [-0.39, 0.29) is 22.9 Å². The Morgan fingerprint density at radius 3 is 2.65 bits per heavy atom. The lowest BCUT2D eigenvalue weighted by atomic mass is 9.70. The predicted octanol–water partition coefficient (Wildman–Crippen LogP) is 4.22. The highest BCUT2D eigenvalue weighted by molar-refractivity contribution is 9.10. The zero-order chi connectivity index (χ0) is 14.5. The Balaban J connectivity index is 1.76. The average Bonchev–Trinajstić information content (AvgIpc) is 2.72. The fraction of sp³-hybridized carbons (Fsp3) is 0.625. The lowest BCUT2D eigenvalue weighted by Crippen LogP contribution is -2.38. The summed E-state index contributed by atoms with van der Waals surface area (Å²) in [5, 5.41) is 0. The highest BCUT2D eigenvalue weighted by Gasteiger charge is 2.62. The Labute approximate surface area is 128 Å². The van der Waals surface area contributed by atoms with Crippen LogP contribution in [0.25, 0.3) is 0 Å². The number of carbonyl (C=O) groups is 1. The molecule has 0 saturated heterocycles. The highest BCUT2D eigenvalue weighted by Crippen LogP contribution is 2.66. The van der Waals surface area contributed by atoms with Crippen LogP contribution in [0.5, 0.6) is 0 Å². The number of carbonyl (C=O) groups excluding carboxylic acids is 1. The number of nitrogens with zero attached hydrogens (tertiary/aromatic N) is 1. The van der Waals surface area contributed by atoms with Gasteiger partial charge in [-0.15, -0.1) is 0 Å². The number of rotatable bonds is 2. The van der Waals surface area contributed by atoms with Gasteiger partial charge in [-0.3, -0.25) is 0 Å². The van der Waals surface area contributed by atoms with E-state index in [0.29, 0.717) is 11.6 Å². The normalized spacial score (nSPS) is 34.2. The Morgan fingerprint density at radius 2 is 2.15 bits per heavy atom. The number of esters is 1. The molecule has 1 aromatic rings. The maximum absolute atomic E-state index is 12.2. The van der Waals surface area contributed by atoms with Crippen LogP contribution in [0, 0.1) is 16.7 Å². The number of aromatic nitrogens is 1. The maximum atomic E-state index is 12.2. The first-order chi connectivity index (χ1) is 9.34. The molecule has 0 radical (unpaired) electrons. The second-order valence-corrected chi connectivity index (χ2v) is 7.78. The Bertz CT molecular complexity index is 540. The first-order valence-electron chi connectivity index (χ1n) is 7.17. The molecule has 4 heteroatoms. The van der Waals surface area contributed by atoms with Gasteiger partial charge in [0.2, 0.25) is 0 Å². The number of fused-ring (bicyclic) bond motifs is 2. The van der Waals surface area contributed by atoms with Crippen LogP contribution in [-0.2, 0) is 4.74 Å². The first kappa shape index (κ1) is 14.1. The zero-order valence-electron chi connectivity index (χ0n) is 12.1. The van der Waals surface area contributed by atoms with E-state index >= 15 is 0 Å². The van der Waals surface area contributed by atoms with Gasteiger partial charge in [-0.2, -0.15) is 0 Å². The molecule has 3 nitrogen and oxygen atoms in total. The van der Waals surface area contributed by atoms with Gasteiger partial charge in [0, 0.05) is 16.1 Å². The van der Waals surface area contributed by atoms with Crippen molar-refractivity contribution in [3.63, 3.8) is 0 Å². The second-order valence-electron chi connectivity index (χ2n) is 6.87. The molecule has 0 aromatic carbocycles. The number of halogens is 1. The summed E-state index contributed by atoms with van der Waals surface area (Å²) >= 11 is 3.32. The van der Waals surface area contributed by atoms with Crippen LogP contribution < -0.4 is 0 Å². The van der Waals surface area contributed by atoms with Gasteiger partial charge in [-0.05, 0) is 58.7 Å². The standard InChI is InChI=1S/C16H20BrNO2/c1-15(2)10-6-7-16(15,3)13(8-10)20-14(19)12-5-4-11(17)9-18-12/h4-5,9-10,13H,6-8H2,1-3H3. The molecule has 108 valence electrons. The summed E-state index contributed by atoms with van der Waals surface area (Å²) in [4.78, 5) is 16.4. The zero-order valence-corrected chi connectivity index (χ0v) is 13.7. The third-order valence-corrected chi connectivity index (χ3v) is 6.37. The molecular formula is C16H20BrNO2. The van der Waals surface area contributed by atoms with E-state index in [1.54, 1.807) is 12.3 Å². The van der Waals surface area contributed by atoms with Crippen LogP contribution in [0.2, 0.25) is 0 Å². The smallest absolute Gasteiger partial charge is 0.357 e. The van der Waals surface area contributed by atoms with Gasteiger partial charge in [0.15, 0.2) is 0 Å². The molecule has 1 heterocycles. The molecule has 2 bridgehead atoms. The van der Waals surface area contributed by atoms with Crippen molar-refractivity contribution < 1.29 is 9.53 Å². The second kappa shape index (κ2) is 4.55. The maximum Gasteiger partial charge on any atom is 0.357 e. The molecule has 2 saturated carbocycles. The number of hydrogen-bond acceptors (Lipinski definition) is 3. The summed E-state index contributed by atoms with van der Waals surface area (Å²) in [6.07, 6.45) is 5.05. The van der Waals surface area contributed by atoms with Crippen molar-refractivity contribution in [2.45, 2.75) is 46.1 Å². The van der Waals surface area contributed by atoms with Gasteiger partial charge in [0.05, 0.1) is 0 Å². The topological polar surface area (TPSA) is 39.2 Å². The molecular weight excluding hydrogens is 318 g/mol. The molecule has 3 rings (SSSR count). The predicted molar refractivity (Wildman–Crippen MR) is 80.4 cm³/mol. The van der Waals surface area contributed by atoms with Crippen LogP contribution >= 0.6 is 15.9 Å². The van der Waals surface area contributed by atoms with Crippen LogP contribution in [-0.4, -0.2) is 17.1 Å². The molecule has 2 aliphatic rings. The quantitative estimate of drug-likeness (QED) is 0.758. The van der Waals surface area contributed by atoms with E-state index in [9.17, 15) is 4.79 Å². The molecule has 1 aromatic heterocycles. The summed E-state index contributed by atoms with van der Waals surface area (Å²) in [7, 11) is 0. The van der Waals surface area contributed by atoms with Crippen molar-refractivity contribution in [2.24, 2.45) is 16.7 Å². The lowest BCUT2D eigenvalue weighted by molar-refractivity contribution is -0.0247. The summed E-state index contributed by atoms with van der Waals surface area (Å²) in [6, 6.07) is 3.52. The monoisotopic (exact) mass is 337 g/mol. The van der Waals surface area contributed by atoms with Gasteiger partial charge in [-0.25, -0.2) is 9.78 Å². The van der Waals surface area contributed by atoms with Gasteiger partial charge in [0.1, 0.15) is 11.8 Å². The largest absolute Gasteiger partial charge is 0.457 e. The van der Waals surface area contributed by atoms with E-state index in [1.807, 2.05) is 6.07 Å². The van der Waals surface area contributed by atoms with E-state index in [2.05, 4.69) is 41.7 Å². The van der Waals surface area contributed by atoms with Gasteiger partial charge in [0.25, 0.3) is 0 Å². The van der Waals surface area contributed by atoms with Gasteiger partial charge >= 0.3 is 5.97 Å². The highest BCUT2D eigenvalue weighted by atomic mass is 79.9. The Kier molecular flexibility index (Phi) is 3.20. The summed E-state index contributed by atoms with van der Waals surface area (Å²) in [5.41, 5.74) is 0.741. The van der Waals surface area contributed by atoms with Crippen LogP contribution in [0.3, 0.4) is 0 Å². The molecule has 3 unspecified atom stereocenters. The van der Waals surface area contributed by atoms with Gasteiger partial charge in [-0.1, -0.05) is 20.8 Å². The average molecular weight is 338 g/mol. The minimum absolute atomic E-state index is 0.0224. The summed E-state index contributed by atoms with van der Waals surface area (Å²) < 4.78 is 6.66. The van der Waals surface area contributed by atoms with E-state index in [1.165, 1.54) is 6.42 Å². The first-order valence-corrected chi connectivity index (χ1v) is 7.96. The molecule has 2 fully saturated rings. The van der Waals surface area contributed by atoms with E-state index in [0.717, 1.165) is 17.3 Å². The molecule has 20 heavy (non-hydrogen) atoms. The molecule has 0 spiro atoms. The Hall–Kier alpha value is -0.900. The molecule has 2 aliphatic carbocycles. The Morgan fingerprint density at radius 1 is 1.40 bits per heavy atom. The van der Waals surface area contributed by atoms with E-state index in [4.69, 9.17) is 4.74 Å². The van der Waals surface area contributed by atoms with Crippen LogP contribution in [0.15, 0.2) is 22.8 Å². The minimum atomic E-state index is -0.299. The van der Waals surface area contributed by atoms with Crippen molar-refractivity contribution in [1.29, 1.82) is 0 Å². The third kappa shape index (κ3) is 1.92. The van der Waals surface area contributed by atoms with Crippen molar-refractivity contribution in [2.75, 3.05) is 0 Å². The van der Waals surface area contributed by atoms with Crippen molar-refractivity contribution >= 4 is 21.9 Å². The fourth-order valence-corrected chi connectivity index (χ4v) is 4.23. The SMILES string of the molecule is CC1(C)C2CCC1(C)C(OC(=O)c1ccc(Br)cn1)C2. The number of ether oxygens (including phenoxy) is 1. The molecule has 0 N–H and O–H groups in total. The van der Waals surface area contributed by atoms with E-state index < -0.39 is 0 Å². The molecule has 3 atom stereocenters. The van der Waals surface area contributed by atoms with Crippen LogP contribution in [0.1, 0.15) is 50.5 Å². The van der Waals surface area contributed by atoms with Crippen LogP contribution in [0.4, 0.5) is 0 Å². The fourth-order valence-electron chi connectivity index (χ4n) is 3.99. The van der Waals surface area contributed by atoms with Crippen molar-refractivity contribution in [3.8, 4) is 0 Å². The number of pyridine rings is 1. The third-order valence-electron chi connectivity index (χ3n) is 5.90. The van der Waals surface area contributed by atoms with Crippen molar-refractivity contribution in [3.05, 3.63) is 28.5 Å². The summed E-state index contributed by atoms with van der Waals surface area (Å²) in [6.45, 7) is 6.90. The number of hydrogen-bond donors (Lipinski definition) is 0. The lowest BCUT2D eigenvalue weighted by Gasteiger charge is -2.38. The molecule has 0 aliphatic heterocycles. The van der Waals surface area contributed by atoms with Gasteiger partial charge < -0.3 is 4.74 Å². The van der Waals surface area contributed by atoms with Crippen molar-refractivity contribution in [1.82, 2.24) is 4.98 Å². The minimum Gasteiger partial charge on any atom is -0.457 e.